The van der Waals surface area contributed by atoms with Gasteiger partial charge in [-0.05, 0) is 44.1 Å². The van der Waals surface area contributed by atoms with Crippen LogP contribution in [0.25, 0.3) is 5.69 Å². The van der Waals surface area contributed by atoms with Crippen LogP contribution in [-0.2, 0) is 6.54 Å². The number of hydrogen-bond acceptors (Lipinski definition) is 3. The summed E-state index contributed by atoms with van der Waals surface area (Å²) in [4.78, 5) is 6.81. The number of rotatable bonds is 6. The maximum Gasteiger partial charge on any atom is 0.191 e. The minimum absolute atomic E-state index is 0. The number of halogens is 1. The zero-order valence-electron chi connectivity index (χ0n) is 15.4. The fourth-order valence-corrected chi connectivity index (χ4v) is 3.09. The van der Waals surface area contributed by atoms with Crippen molar-refractivity contribution in [2.75, 3.05) is 33.2 Å². The van der Waals surface area contributed by atoms with E-state index in [1.807, 2.05) is 47.3 Å². The molecule has 7 heteroatoms. The fourth-order valence-electron chi connectivity index (χ4n) is 3.09. The van der Waals surface area contributed by atoms with Crippen molar-refractivity contribution in [2.24, 2.45) is 4.99 Å². The number of nitrogens with zero attached hydrogens (tertiary/aromatic N) is 4. The van der Waals surface area contributed by atoms with E-state index in [-0.39, 0.29) is 24.0 Å². The minimum atomic E-state index is 0. The lowest BCUT2D eigenvalue weighted by molar-refractivity contribution is 0.232. The average Bonchev–Trinajstić information content (AvgIpc) is 3.15. The fraction of sp³-hybridized carbons (Fsp3) is 0.474. The summed E-state index contributed by atoms with van der Waals surface area (Å²) < 4.78 is 1.89. The number of nitrogens with one attached hydrogen (secondary N) is 2. The molecule has 0 saturated carbocycles. The zero-order chi connectivity index (χ0) is 17.3. The summed E-state index contributed by atoms with van der Waals surface area (Å²) in [5.74, 6) is 0.825. The van der Waals surface area contributed by atoms with Gasteiger partial charge in [-0.25, -0.2) is 4.68 Å². The molecule has 0 aliphatic carbocycles. The molecule has 1 aromatic carbocycles. The van der Waals surface area contributed by atoms with Crippen molar-refractivity contribution >= 4 is 29.9 Å². The third kappa shape index (κ3) is 6.28. The molecular formula is C19H29IN6. The van der Waals surface area contributed by atoms with E-state index in [9.17, 15) is 0 Å². The SMILES string of the molecule is CN=C(NCCN1CCCCC1)NCc1ccn(-c2ccccc2)n1.I. The Morgan fingerprint density at radius 1 is 1.08 bits per heavy atom. The highest BCUT2D eigenvalue weighted by Gasteiger charge is 2.09. The molecule has 26 heavy (non-hydrogen) atoms. The van der Waals surface area contributed by atoms with Crippen molar-refractivity contribution < 1.29 is 0 Å². The van der Waals surface area contributed by atoms with E-state index in [0.29, 0.717) is 6.54 Å². The molecule has 6 nitrogen and oxygen atoms in total. The highest BCUT2D eigenvalue weighted by Crippen LogP contribution is 2.08. The van der Waals surface area contributed by atoms with Crippen LogP contribution in [0.4, 0.5) is 0 Å². The molecule has 1 fully saturated rings. The van der Waals surface area contributed by atoms with Crippen molar-refractivity contribution in [1.82, 2.24) is 25.3 Å². The Morgan fingerprint density at radius 3 is 2.58 bits per heavy atom. The Kier molecular flexibility index (Phi) is 8.90. The summed E-state index contributed by atoms with van der Waals surface area (Å²) >= 11 is 0. The van der Waals surface area contributed by atoms with E-state index >= 15 is 0 Å². The maximum atomic E-state index is 4.60. The topological polar surface area (TPSA) is 57.5 Å². The molecule has 0 atom stereocenters. The highest BCUT2D eigenvalue weighted by atomic mass is 127. The van der Waals surface area contributed by atoms with Crippen LogP contribution in [0.15, 0.2) is 47.6 Å². The molecule has 0 spiro atoms. The summed E-state index contributed by atoms with van der Waals surface area (Å²) in [6, 6.07) is 12.2. The van der Waals surface area contributed by atoms with Gasteiger partial charge in [0.05, 0.1) is 17.9 Å². The monoisotopic (exact) mass is 468 g/mol. The van der Waals surface area contributed by atoms with Crippen LogP contribution in [0.1, 0.15) is 25.0 Å². The molecule has 0 bridgehead atoms. The van der Waals surface area contributed by atoms with Gasteiger partial charge in [-0.15, -0.1) is 24.0 Å². The van der Waals surface area contributed by atoms with Crippen LogP contribution in [0.5, 0.6) is 0 Å². The van der Waals surface area contributed by atoms with E-state index in [0.717, 1.165) is 30.4 Å². The van der Waals surface area contributed by atoms with E-state index in [1.165, 1.54) is 32.4 Å². The van der Waals surface area contributed by atoms with Crippen molar-refractivity contribution in [3.8, 4) is 5.69 Å². The number of hydrogen-bond donors (Lipinski definition) is 2. The predicted molar refractivity (Wildman–Crippen MR) is 117 cm³/mol. The second-order valence-corrected chi connectivity index (χ2v) is 6.34. The molecule has 0 amide bonds. The highest BCUT2D eigenvalue weighted by molar-refractivity contribution is 14.0. The molecule has 1 aromatic heterocycles. The van der Waals surface area contributed by atoms with Crippen LogP contribution in [0.2, 0.25) is 0 Å². The Labute approximate surface area is 173 Å². The number of piperidine rings is 1. The average molecular weight is 468 g/mol. The molecule has 2 aromatic rings. The number of para-hydroxylation sites is 1. The van der Waals surface area contributed by atoms with Crippen molar-refractivity contribution in [3.63, 3.8) is 0 Å². The van der Waals surface area contributed by atoms with Gasteiger partial charge in [0.25, 0.3) is 0 Å². The van der Waals surface area contributed by atoms with Crippen molar-refractivity contribution in [2.45, 2.75) is 25.8 Å². The normalized spacial score (nSPS) is 15.3. The van der Waals surface area contributed by atoms with Crippen molar-refractivity contribution in [3.05, 3.63) is 48.3 Å². The first-order valence-electron chi connectivity index (χ1n) is 9.12. The lowest BCUT2D eigenvalue weighted by Crippen LogP contribution is -2.42. The van der Waals surface area contributed by atoms with Gasteiger partial charge in [0.15, 0.2) is 5.96 Å². The van der Waals surface area contributed by atoms with Gasteiger partial charge >= 0.3 is 0 Å². The second kappa shape index (κ2) is 11.2. The molecule has 0 unspecified atom stereocenters. The van der Waals surface area contributed by atoms with Gasteiger partial charge in [-0.1, -0.05) is 24.6 Å². The molecular weight excluding hydrogens is 439 g/mol. The van der Waals surface area contributed by atoms with Gasteiger partial charge in [-0.3, -0.25) is 4.99 Å². The van der Waals surface area contributed by atoms with E-state index in [1.54, 1.807) is 7.05 Å². The summed E-state index contributed by atoms with van der Waals surface area (Å²) in [6.45, 7) is 5.10. The molecule has 0 radical (unpaired) electrons. The largest absolute Gasteiger partial charge is 0.355 e. The van der Waals surface area contributed by atoms with E-state index in [4.69, 9.17) is 0 Å². The van der Waals surface area contributed by atoms with Crippen LogP contribution < -0.4 is 10.6 Å². The van der Waals surface area contributed by atoms with Crippen LogP contribution >= 0.6 is 24.0 Å². The van der Waals surface area contributed by atoms with Crippen molar-refractivity contribution in [1.29, 1.82) is 0 Å². The maximum absolute atomic E-state index is 4.60. The number of aliphatic imine (C=N–C) groups is 1. The van der Waals surface area contributed by atoms with E-state index < -0.39 is 0 Å². The first-order chi connectivity index (χ1) is 12.3. The molecule has 1 aliphatic heterocycles. The van der Waals surface area contributed by atoms with E-state index in [2.05, 4.69) is 25.6 Å². The molecule has 3 rings (SSSR count). The molecule has 1 aliphatic rings. The molecule has 2 N–H and O–H groups in total. The van der Waals surface area contributed by atoms with Crippen LogP contribution in [0.3, 0.4) is 0 Å². The first kappa shape index (κ1) is 20.7. The number of aromatic nitrogens is 2. The van der Waals surface area contributed by atoms with Gasteiger partial charge < -0.3 is 15.5 Å². The smallest absolute Gasteiger partial charge is 0.191 e. The van der Waals surface area contributed by atoms with Crippen LogP contribution in [0, 0.1) is 0 Å². The summed E-state index contributed by atoms with van der Waals surface area (Å²) in [5.41, 5.74) is 2.06. The summed E-state index contributed by atoms with van der Waals surface area (Å²) in [7, 11) is 1.80. The Hall–Kier alpha value is -1.61. The quantitative estimate of drug-likeness (QED) is 0.389. The minimum Gasteiger partial charge on any atom is -0.355 e. The van der Waals surface area contributed by atoms with Gasteiger partial charge in [0.2, 0.25) is 0 Å². The standard InChI is InChI=1S/C19H28N6.HI/c1-20-19(21-11-15-24-12-6-3-7-13-24)22-16-17-10-14-25(23-17)18-8-4-2-5-9-18;/h2,4-5,8-10,14H,3,6-7,11-13,15-16H2,1H3,(H2,20,21,22);1H. The molecule has 1 saturated heterocycles. The first-order valence-corrected chi connectivity index (χ1v) is 9.12. The summed E-state index contributed by atoms with van der Waals surface area (Å²) in [5, 5.41) is 11.3. The summed E-state index contributed by atoms with van der Waals surface area (Å²) in [6.07, 6.45) is 6.02. The number of benzene rings is 1. The van der Waals surface area contributed by atoms with Crippen LogP contribution in [-0.4, -0.2) is 53.9 Å². The third-order valence-electron chi connectivity index (χ3n) is 4.49. The van der Waals surface area contributed by atoms with Gasteiger partial charge in [0, 0.05) is 26.3 Å². The third-order valence-corrected chi connectivity index (χ3v) is 4.49. The predicted octanol–water partition coefficient (Wildman–Crippen LogP) is 2.64. The Morgan fingerprint density at radius 2 is 1.85 bits per heavy atom. The number of likely N-dealkylation sites (tertiary alicyclic amines) is 1. The number of guanidine groups is 1. The van der Waals surface area contributed by atoms with Gasteiger partial charge in [0.1, 0.15) is 0 Å². The second-order valence-electron chi connectivity index (χ2n) is 6.34. The molecule has 2 heterocycles. The Bertz CT molecular complexity index is 664. The van der Waals surface area contributed by atoms with Gasteiger partial charge in [-0.2, -0.15) is 5.10 Å². The zero-order valence-corrected chi connectivity index (χ0v) is 17.7. The Balaban J connectivity index is 0.00000243. The lowest BCUT2D eigenvalue weighted by Gasteiger charge is -2.26. The lowest BCUT2D eigenvalue weighted by atomic mass is 10.1. The molecule has 142 valence electrons.